The van der Waals surface area contributed by atoms with E-state index in [-0.39, 0.29) is 11.6 Å². The van der Waals surface area contributed by atoms with E-state index in [0.717, 1.165) is 29.8 Å². The normalized spacial score (nSPS) is 16.1. The van der Waals surface area contributed by atoms with Gasteiger partial charge < -0.3 is 14.6 Å². The molecule has 0 bridgehead atoms. The van der Waals surface area contributed by atoms with Gasteiger partial charge >= 0.3 is 0 Å². The zero-order valence-electron chi connectivity index (χ0n) is 17.3. The number of hydrogen-bond acceptors (Lipinski definition) is 3. The first-order valence-corrected chi connectivity index (χ1v) is 9.92. The highest BCUT2D eigenvalue weighted by atomic mass is 19.1. The van der Waals surface area contributed by atoms with Crippen molar-refractivity contribution in [1.82, 2.24) is 14.9 Å². The van der Waals surface area contributed by atoms with Gasteiger partial charge in [0.25, 0.3) is 0 Å². The Morgan fingerprint density at radius 3 is 2.80 bits per heavy atom. The average Bonchev–Trinajstić information content (AvgIpc) is 3.38. The van der Waals surface area contributed by atoms with Gasteiger partial charge in [0.05, 0.1) is 36.4 Å². The van der Waals surface area contributed by atoms with E-state index in [1.165, 1.54) is 19.6 Å². The second-order valence-electron chi connectivity index (χ2n) is 7.51. The number of halogens is 1. The summed E-state index contributed by atoms with van der Waals surface area (Å²) in [5, 5.41) is 2.97. The lowest BCUT2D eigenvalue weighted by Crippen LogP contribution is -2.28. The molecule has 1 aromatic heterocycles. The summed E-state index contributed by atoms with van der Waals surface area (Å²) in [4.78, 5) is 16.9. The number of carbonyl (C=O) groups is 1. The molecule has 1 N–H and O–H groups in total. The predicted molar refractivity (Wildman–Crippen MR) is 114 cm³/mol. The van der Waals surface area contributed by atoms with Crippen LogP contribution in [-0.4, -0.2) is 22.6 Å². The molecule has 4 rings (SSSR count). The molecule has 0 aliphatic heterocycles. The minimum absolute atomic E-state index is 0.0488. The van der Waals surface area contributed by atoms with Crippen molar-refractivity contribution in [3.63, 3.8) is 0 Å². The van der Waals surface area contributed by atoms with Gasteiger partial charge in [0.1, 0.15) is 11.6 Å². The average molecular weight is 405 g/mol. The van der Waals surface area contributed by atoms with Gasteiger partial charge in [0, 0.05) is 11.8 Å². The van der Waals surface area contributed by atoms with Crippen molar-refractivity contribution in [1.29, 1.82) is 0 Å². The number of nitrogens with zero attached hydrogens (tertiary/aromatic N) is 2. The lowest BCUT2D eigenvalue weighted by molar-refractivity contribution is -0.118. The van der Waals surface area contributed by atoms with Crippen LogP contribution in [0.25, 0.3) is 11.5 Å². The number of ether oxygens (including phenoxy) is 1. The first kappa shape index (κ1) is 19.9. The third-order valence-corrected chi connectivity index (χ3v) is 5.53. The van der Waals surface area contributed by atoms with Crippen LogP contribution in [0.3, 0.4) is 0 Å². The number of aromatic nitrogens is 2. The highest BCUT2D eigenvalue weighted by molar-refractivity contribution is 5.99. The molecule has 30 heavy (non-hydrogen) atoms. The highest BCUT2D eigenvalue weighted by Gasteiger charge is 2.25. The van der Waals surface area contributed by atoms with Crippen LogP contribution >= 0.6 is 0 Å². The molecule has 3 aromatic rings. The predicted octanol–water partition coefficient (Wildman–Crippen LogP) is 4.69. The van der Waals surface area contributed by atoms with Crippen molar-refractivity contribution in [2.24, 2.45) is 0 Å². The molecule has 0 saturated heterocycles. The highest BCUT2D eigenvalue weighted by Crippen LogP contribution is 2.32. The third-order valence-electron chi connectivity index (χ3n) is 5.53. The fraction of sp³-hybridized carbons (Fsp3) is 0.250. The number of imidazole rings is 1. The lowest BCUT2D eigenvalue weighted by Gasteiger charge is -2.15. The molecule has 1 heterocycles. The van der Waals surface area contributed by atoms with E-state index in [2.05, 4.69) is 16.4 Å². The lowest BCUT2D eigenvalue weighted by atomic mass is 10.1. The van der Waals surface area contributed by atoms with E-state index in [9.17, 15) is 4.79 Å². The van der Waals surface area contributed by atoms with Crippen LogP contribution in [0.1, 0.15) is 41.8 Å². The number of nitrogens with one attached hydrogen (secondary N) is 1. The van der Waals surface area contributed by atoms with Crippen molar-refractivity contribution in [2.45, 2.75) is 32.7 Å². The summed E-state index contributed by atoms with van der Waals surface area (Å²) < 4.78 is 22.4. The number of amides is 1. The van der Waals surface area contributed by atoms with E-state index in [0.29, 0.717) is 11.3 Å². The number of carbonyl (C=O) groups excluding carboxylic acids is 1. The number of methoxy groups -OCH3 is 1. The fourth-order valence-corrected chi connectivity index (χ4v) is 3.87. The SMILES string of the molecule is COc1cc(/C(F)=C(\C)C(=O)NC2CCc3ccccc32)ccc1-n1cnc(C)c1. The van der Waals surface area contributed by atoms with Crippen LogP contribution in [0.15, 0.2) is 60.6 Å². The maximum atomic E-state index is 15.1. The number of benzene rings is 2. The molecule has 2 aromatic carbocycles. The minimum Gasteiger partial charge on any atom is -0.495 e. The van der Waals surface area contributed by atoms with E-state index < -0.39 is 11.7 Å². The molecule has 0 saturated carbocycles. The molecule has 1 aliphatic carbocycles. The Morgan fingerprint density at radius 1 is 1.27 bits per heavy atom. The summed E-state index contributed by atoms with van der Waals surface area (Å²) in [5.74, 6) is -0.467. The number of rotatable bonds is 5. The van der Waals surface area contributed by atoms with Gasteiger partial charge in [-0.15, -0.1) is 0 Å². The molecule has 0 spiro atoms. The Labute approximate surface area is 175 Å². The van der Waals surface area contributed by atoms with Crippen LogP contribution in [0, 0.1) is 6.92 Å². The van der Waals surface area contributed by atoms with E-state index >= 15 is 4.39 Å². The van der Waals surface area contributed by atoms with Gasteiger partial charge in [-0.2, -0.15) is 0 Å². The molecule has 6 heteroatoms. The van der Waals surface area contributed by atoms with Gasteiger partial charge in [-0.05, 0) is 56.0 Å². The summed E-state index contributed by atoms with van der Waals surface area (Å²) in [6.45, 7) is 3.40. The van der Waals surface area contributed by atoms with Crippen LogP contribution in [0.4, 0.5) is 4.39 Å². The summed E-state index contributed by atoms with van der Waals surface area (Å²) in [6, 6.07) is 13.0. The molecule has 5 nitrogen and oxygen atoms in total. The fourth-order valence-electron chi connectivity index (χ4n) is 3.87. The van der Waals surface area contributed by atoms with Crippen LogP contribution in [-0.2, 0) is 11.2 Å². The molecule has 0 radical (unpaired) electrons. The van der Waals surface area contributed by atoms with Gasteiger partial charge in [0.2, 0.25) is 5.91 Å². The first-order valence-electron chi connectivity index (χ1n) is 9.92. The quantitative estimate of drug-likeness (QED) is 0.627. The summed E-state index contributed by atoms with van der Waals surface area (Å²) in [6.07, 6.45) is 5.28. The molecule has 1 amide bonds. The Balaban J connectivity index is 1.58. The van der Waals surface area contributed by atoms with E-state index in [1.54, 1.807) is 24.5 Å². The number of fused-ring (bicyclic) bond motifs is 1. The van der Waals surface area contributed by atoms with Crippen LogP contribution in [0.5, 0.6) is 5.75 Å². The van der Waals surface area contributed by atoms with Gasteiger partial charge in [-0.1, -0.05) is 24.3 Å². The molecule has 154 valence electrons. The van der Waals surface area contributed by atoms with Gasteiger partial charge in [0.15, 0.2) is 0 Å². The standard InChI is InChI=1S/C24H24FN3O2/c1-15-13-28(14-26-15)21-11-9-18(12-22(21)30-3)23(25)16(2)24(29)27-20-10-8-17-6-4-5-7-19(17)20/h4-7,9,11-14,20H,8,10H2,1-3H3,(H,27,29)/b23-16-. The second-order valence-corrected chi connectivity index (χ2v) is 7.51. The largest absolute Gasteiger partial charge is 0.495 e. The first-order chi connectivity index (χ1) is 14.5. The number of hydrogen-bond donors (Lipinski definition) is 1. The summed E-state index contributed by atoms with van der Waals surface area (Å²) in [7, 11) is 1.53. The van der Waals surface area contributed by atoms with E-state index in [4.69, 9.17) is 4.74 Å². The number of aryl methyl sites for hydroxylation is 2. The molecular weight excluding hydrogens is 381 g/mol. The maximum Gasteiger partial charge on any atom is 0.250 e. The van der Waals surface area contributed by atoms with Crippen molar-refractivity contribution < 1.29 is 13.9 Å². The smallest absolute Gasteiger partial charge is 0.250 e. The van der Waals surface area contributed by atoms with Crippen molar-refractivity contribution in [2.75, 3.05) is 7.11 Å². The molecule has 0 fully saturated rings. The van der Waals surface area contributed by atoms with Gasteiger partial charge in [-0.3, -0.25) is 4.79 Å². The monoisotopic (exact) mass is 405 g/mol. The Hall–Kier alpha value is -3.41. The Morgan fingerprint density at radius 2 is 2.07 bits per heavy atom. The summed E-state index contributed by atoms with van der Waals surface area (Å²) in [5.41, 5.74) is 4.31. The third kappa shape index (κ3) is 3.73. The molecular formula is C24H24FN3O2. The molecule has 1 unspecified atom stereocenters. The topological polar surface area (TPSA) is 56.1 Å². The van der Waals surface area contributed by atoms with Gasteiger partial charge in [-0.25, -0.2) is 9.37 Å². The Bertz CT molecular complexity index is 1130. The van der Waals surface area contributed by atoms with Crippen molar-refractivity contribution in [3.05, 3.63) is 82.9 Å². The zero-order chi connectivity index (χ0) is 21.3. The van der Waals surface area contributed by atoms with Crippen LogP contribution < -0.4 is 10.1 Å². The van der Waals surface area contributed by atoms with E-state index in [1.807, 2.05) is 35.9 Å². The Kier molecular flexibility index (Phi) is 5.40. The molecule has 1 atom stereocenters. The van der Waals surface area contributed by atoms with Crippen LogP contribution in [0.2, 0.25) is 0 Å². The van der Waals surface area contributed by atoms with Crippen molar-refractivity contribution in [3.8, 4) is 11.4 Å². The zero-order valence-corrected chi connectivity index (χ0v) is 17.3. The van der Waals surface area contributed by atoms with Crippen molar-refractivity contribution >= 4 is 11.7 Å². The minimum atomic E-state index is -0.564. The second kappa shape index (κ2) is 8.14. The maximum absolute atomic E-state index is 15.1. The molecule has 1 aliphatic rings. The summed E-state index contributed by atoms with van der Waals surface area (Å²) >= 11 is 0.